The first-order valence-corrected chi connectivity index (χ1v) is 6.94. The summed E-state index contributed by atoms with van der Waals surface area (Å²) in [6.07, 6.45) is 0.405. The predicted octanol–water partition coefficient (Wildman–Crippen LogP) is 1.38. The summed E-state index contributed by atoms with van der Waals surface area (Å²) in [6.45, 7) is 8.56. The average molecular weight is 272 g/mol. The SMILES string of the molecule is CCOC(=O)CCC(=O)N(CCN(C)C)CC(C)C. The van der Waals surface area contributed by atoms with E-state index in [-0.39, 0.29) is 24.7 Å². The molecule has 0 spiro atoms. The van der Waals surface area contributed by atoms with Gasteiger partial charge in [-0.25, -0.2) is 0 Å². The highest BCUT2D eigenvalue weighted by Gasteiger charge is 2.16. The van der Waals surface area contributed by atoms with Crippen molar-refractivity contribution in [3.8, 4) is 0 Å². The summed E-state index contributed by atoms with van der Waals surface area (Å²) in [5, 5.41) is 0. The molecule has 0 atom stereocenters. The van der Waals surface area contributed by atoms with Gasteiger partial charge in [-0.3, -0.25) is 9.59 Å². The molecule has 0 saturated carbocycles. The smallest absolute Gasteiger partial charge is 0.306 e. The molecule has 0 bridgehead atoms. The van der Waals surface area contributed by atoms with Gasteiger partial charge in [0, 0.05) is 26.1 Å². The van der Waals surface area contributed by atoms with Crippen molar-refractivity contribution in [3.63, 3.8) is 0 Å². The minimum Gasteiger partial charge on any atom is -0.466 e. The Morgan fingerprint density at radius 3 is 2.21 bits per heavy atom. The van der Waals surface area contributed by atoms with Crippen LogP contribution in [-0.2, 0) is 14.3 Å². The largest absolute Gasteiger partial charge is 0.466 e. The van der Waals surface area contributed by atoms with Crippen molar-refractivity contribution in [2.45, 2.75) is 33.6 Å². The van der Waals surface area contributed by atoms with Crippen molar-refractivity contribution in [3.05, 3.63) is 0 Å². The van der Waals surface area contributed by atoms with Crippen molar-refractivity contribution in [2.24, 2.45) is 5.92 Å². The highest BCUT2D eigenvalue weighted by Crippen LogP contribution is 2.04. The van der Waals surface area contributed by atoms with E-state index in [1.54, 1.807) is 6.92 Å². The van der Waals surface area contributed by atoms with Crippen molar-refractivity contribution in [2.75, 3.05) is 40.3 Å². The van der Waals surface area contributed by atoms with Crippen molar-refractivity contribution < 1.29 is 14.3 Å². The maximum atomic E-state index is 12.1. The lowest BCUT2D eigenvalue weighted by Gasteiger charge is -2.26. The van der Waals surface area contributed by atoms with E-state index in [0.29, 0.717) is 19.1 Å². The number of hydrogen-bond acceptors (Lipinski definition) is 4. The van der Waals surface area contributed by atoms with E-state index in [1.807, 2.05) is 23.9 Å². The molecule has 0 aliphatic carbocycles. The summed E-state index contributed by atoms with van der Waals surface area (Å²) in [7, 11) is 3.97. The number of nitrogens with zero attached hydrogens (tertiary/aromatic N) is 2. The monoisotopic (exact) mass is 272 g/mol. The van der Waals surface area contributed by atoms with E-state index in [0.717, 1.165) is 13.1 Å². The minimum atomic E-state index is -0.298. The highest BCUT2D eigenvalue weighted by atomic mass is 16.5. The van der Waals surface area contributed by atoms with E-state index in [9.17, 15) is 9.59 Å². The van der Waals surface area contributed by atoms with E-state index in [4.69, 9.17) is 4.74 Å². The maximum Gasteiger partial charge on any atom is 0.306 e. The van der Waals surface area contributed by atoms with Gasteiger partial charge in [0.2, 0.25) is 5.91 Å². The van der Waals surface area contributed by atoms with Gasteiger partial charge in [-0.1, -0.05) is 13.8 Å². The van der Waals surface area contributed by atoms with E-state index in [2.05, 4.69) is 13.8 Å². The minimum absolute atomic E-state index is 0.0311. The second-order valence-corrected chi connectivity index (χ2v) is 5.34. The number of carbonyl (C=O) groups excluding carboxylic acids is 2. The normalized spacial score (nSPS) is 10.9. The van der Waals surface area contributed by atoms with Gasteiger partial charge < -0.3 is 14.5 Å². The Morgan fingerprint density at radius 2 is 1.74 bits per heavy atom. The summed E-state index contributed by atoms with van der Waals surface area (Å²) in [6, 6.07) is 0. The van der Waals surface area contributed by atoms with E-state index >= 15 is 0 Å². The molecule has 112 valence electrons. The Morgan fingerprint density at radius 1 is 1.11 bits per heavy atom. The molecule has 1 amide bonds. The predicted molar refractivity (Wildman–Crippen MR) is 75.8 cm³/mol. The lowest BCUT2D eigenvalue weighted by atomic mass is 10.2. The Bertz CT molecular complexity index is 278. The summed E-state index contributed by atoms with van der Waals surface area (Å²) in [5.41, 5.74) is 0. The van der Waals surface area contributed by atoms with Gasteiger partial charge in [0.05, 0.1) is 13.0 Å². The Labute approximate surface area is 116 Å². The molecule has 0 unspecified atom stereocenters. The van der Waals surface area contributed by atoms with Crippen LogP contribution in [0.15, 0.2) is 0 Å². The third-order valence-electron chi connectivity index (χ3n) is 2.60. The van der Waals surface area contributed by atoms with Crippen LogP contribution in [0.3, 0.4) is 0 Å². The molecule has 0 fully saturated rings. The molecule has 0 heterocycles. The van der Waals surface area contributed by atoms with Gasteiger partial charge in [0.25, 0.3) is 0 Å². The lowest BCUT2D eigenvalue weighted by Crippen LogP contribution is -2.39. The van der Waals surface area contributed by atoms with E-state index in [1.165, 1.54) is 0 Å². The first-order valence-electron chi connectivity index (χ1n) is 6.94. The zero-order chi connectivity index (χ0) is 14.8. The highest BCUT2D eigenvalue weighted by molar-refractivity contribution is 5.81. The van der Waals surface area contributed by atoms with Crippen LogP contribution in [0.25, 0.3) is 0 Å². The zero-order valence-corrected chi connectivity index (χ0v) is 12.9. The van der Waals surface area contributed by atoms with Crippen LogP contribution < -0.4 is 0 Å². The maximum absolute atomic E-state index is 12.1. The standard InChI is InChI=1S/C14H28N2O3/c1-6-19-14(18)8-7-13(17)16(11-12(2)3)10-9-15(4)5/h12H,6-11H2,1-5H3. The van der Waals surface area contributed by atoms with Crippen molar-refractivity contribution in [1.82, 2.24) is 9.80 Å². The molecule has 0 aliphatic heterocycles. The molecular formula is C14H28N2O3. The number of ether oxygens (including phenoxy) is 1. The molecule has 5 nitrogen and oxygen atoms in total. The van der Waals surface area contributed by atoms with Gasteiger partial charge in [-0.15, -0.1) is 0 Å². The van der Waals surface area contributed by atoms with Gasteiger partial charge in [0.15, 0.2) is 0 Å². The van der Waals surface area contributed by atoms with Crippen LogP contribution in [0.5, 0.6) is 0 Å². The third-order valence-corrected chi connectivity index (χ3v) is 2.60. The molecule has 0 aromatic heterocycles. The van der Waals surface area contributed by atoms with Crippen LogP contribution in [0.4, 0.5) is 0 Å². The second-order valence-electron chi connectivity index (χ2n) is 5.34. The lowest BCUT2D eigenvalue weighted by molar-refractivity contribution is -0.145. The molecule has 0 aromatic carbocycles. The van der Waals surface area contributed by atoms with Crippen LogP contribution in [0.1, 0.15) is 33.6 Å². The average Bonchev–Trinajstić information content (AvgIpc) is 2.31. The zero-order valence-electron chi connectivity index (χ0n) is 12.9. The van der Waals surface area contributed by atoms with Crippen LogP contribution >= 0.6 is 0 Å². The number of esters is 1. The fourth-order valence-corrected chi connectivity index (χ4v) is 1.68. The molecule has 0 radical (unpaired) electrons. The fraction of sp³-hybridized carbons (Fsp3) is 0.857. The number of likely N-dealkylation sites (N-methyl/N-ethyl adjacent to an activating group) is 1. The number of amides is 1. The molecule has 0 rings (SSSR count). The van der Waals surface area contributed by atoms with Crippen LogP contribution in [0.2, 0.25) is 0 Å². The third kappa shape index (κ3) is 9.47. The van der Waals surface area contributed by atoms with Gasteiger partial charge in [-0.05, 0) is 26.9 Å². The Kier molecular flexibility index (Phi) is 9.21. The van der Waals surface area contributed by atoms with Crippen molar-refractivity contribution in [1.29, 1.82) is 0 Å². The quantitative estimate of drug-likeness (QED) is 0.595. The molecule has 0 aromatic rings. The van der Waals surface area contributed by atoms with Gasteiger partial charge in [-0.2, -0.15) is 0 Å². The second kappa shape index (κ2) is 9.78. The first kappa shape index (κ1) is 17.9. The van der Waals surface area contributed by atoms with Gasteiger partial charge >= 0.3 is 5.97 Å². The molecule has 0 aliphatic rings. The molecule has 0 N–H and O–H groups in total. The van der Waals surface area contributed by atoms with Gasteiger partial charge in [0.1, 0.15) is 0 Å². The first-order chi connectivity index (χ1) is 8.86. The Hall–Kier alpha value is -1.10. The Balaban J connectivity index is 4.24. The summed E-state index contributed by atoms with van der Waals surface area (Å²) in [4.78, 5) is 27.2. The fourth-order valence-electron chi connectivity index (χ4n) is 1.68. The summed E-state index contributed by atoms with van der Waals surface area (Å²) >= 11 is 0. The van der Waals surface area contributed by atoms with Crippen molar-refractivity contribution >= 4 is 11.9 Å². The molecule has 19 heavy (non-hydrogen) atoms. The number of rotatable bonds is 9. The summed E-state index contributed by atoms with van der Waals surface area (Å²) in [5.74, 6) is 0.158. The van der Waals surface area contributed by atoms with E-state index < -0.39 is 0 Å². The topological polar surface area (TPSA) is 49.9 Å². The van der Waals surface area contributed by atoms with Crippen LogP contribution in [-0.4, -0.2) is 62.0 Å². The number of carbonyl (C=O) groups is 2. The molecular weight excluding hydrogens is 244 g/mol. The summed E-state index contributed by atoms with van der Waals surface area (Å²) < 4.78 is 4.83. The van der Waals surface area contributed by atoms with Crippen LogP contribution in [0, 0.1) is 5.92 Å². The number of hydrogen-bond donors (Lipinski definition) is 0. The molecule has 0 saturated heterocycles. The molecule has 5 heteroatoms.